The zero-order valence-electron chi connectivity index (χ0n) is 38.7. The minimum Gasteiger partial charge on any atom is -0.462 e. The van der Waals surface area contributed by atoms with Crippen LogP contribution in [0.4, 0.5) is 0 Å². The summed E-state index contributed by atoms with van der Waals surface area (Å²) >= 11 is 0. The van der Waals surface area contributed by atoms with E-state index >= 15 is 0 Å². The molecule has 1 rings (SSSR count). The molecule has 0 saturated carbocycles. The number of rotatable bonds is 43. The van der Waals surface area contributed by atoms with E-state index in [0.717, 1.165) is 44.6 Å². The van der Waals surface area contributed by atoms with Crippen LogP contribution in [-0.2, 0) is 19.6 Å². The van der Waals surface area contributed by atoms with Gasteiger partial charge in [0.2, 0.25) is 0 Å². The van der Waals surface area contributed by atoms with Gasteiger partial charge in [0.15, 0.2) is 0 Å². The Labute approximate surface area is 369 Å². The number of benzene rings is 1. The van der Waals surface area contributed by atoms with Gasteiger partial charge in [-0.2, -0.15) is 8.42 Å². The molecular formula is C52H90O7S. The van der Waals surface area contributed by atoms with Crippen molar-refractivity contribution in [1.29, 1.82) is 0 Å². The monoisotopic (exact) mass is 859 g/mol. The number of ether oxygens (including phenoxy) is 2. The van der Waals surface area contributed by atoms with E-state index in [1.807, 2.05) is 0 Å². The lowest BCUT2D eigenvalue weighted by Gasteiger charge is -2.13. The fourth-order valence-electron chi connectivity index (χ4n) is 7.72. The van der Waals surface area contributed by atoms with Crippen LogP contribution in [0.5, 0.6) is 0 Å². The molecule has 0 amide bonds. The van der Waals surface area contributed by atoms with Gasteiger partial charge in [-0.3, -0.25) is 4.55 Å². The zero-order valence-corrected chi connectivity index (χ0v) is 39.5. The van der Waals surface area contributed by atoms with Crippen molar-refractivity contribution in [3.63, 3.8) is 0 Å². The second kappa shape index (κ2) is 40.6. The number of hydrogen-bond donors (Lipinski definition) is 1. The summed E-state index contributed by atoms with van der Waals surface area (Å²) in [6.07, 6.45) is 53.4. The minimum absolute atomic E-state index is 0.111. The molecule has 0 aliphatic heterocycles. The van der Waals surface area contributed by atoms with Gasteiger partial charge in [-0.05, 0) is 76.3 Å². The number of carbonyl (C=O) groups is 2. The lowest BCUT2D eigenvalue weighted by Crippen LogP contribution is -2.19. The standard InChI is InChI=1S/C52H90O7S/c1-3-5-7-9-11-13-15-17-19-21-23-25-27-29-31-33-35-37-39-41-46-58-51(53)48-44-43-45-49(60(55,56)57)50(48)52(54)59-47-42-40-38-36-34-32-30-28-26-24-22-20-18-16-14-12-10-8-6-4-2/h11-14,43-45H,3-10,15-42,46-47H2,1-2H3,(H,55,56,57)/b13-11+,14-12+. The first-order chi connectivity index (χ1) is 29.3. The number of hydrogen-bond acceptors (Lipinski definition) is 6. The van der Waals surface area contributed by atoms with Crippen LogP contribution in [0.3, 0.4) is 0 Å². The molecule has 0 atom stereocenters. The maximum Gasteiger partial charge on any atom is 0.340 e. The van der Waals surface area contributed by atoms with Crippen LogP contribution in [0.2, 0.25) is 0 Å². The highest BCUT2D eigenvalue weighted by Crippen LogP contribution is 2.23. The molecule has 0 spiro atoms. The Morgan fingerprint density at radius 3 is 1.08 bits per heavy atom. The SMILES string of the molecule is CCCCC/C=C/CCCCCCCCCCCCCCCOC(=O)c1cccc(S(=O)(=O)O)c1C(=O)OCCCCCCCCCCCCCCC/C=C/CCCCC. The van der Waals surface area contributed by atoms with Crippen molar-refractivity contribution in [2.75, 3.05) is 13.2 Å². The van der Waals surface area contributed by atoms with Crippen LogP contribution in [0.15, 0.2) is 47.4 Å². The molecule has 0 aliphatic rings. The molecule has 0 radical (unpaired) electrons. The number of unbranched alkanes of at least 4 members (excludes halogenated alkanes) is 32. The van der Waals surface area contributed by atoms with Crippen LogP contribution in [0.1, 0.15) is 266 Å². The summed E-state index contributed by atoms with van der Waals surface area (Å²) < 4.78 is 45.0. The number of carbonyl (C=O) groups excluding carboxylic acids is 2. The first-order valence-corrected chi connectivity index (χ1v) is 26.5. The Bertz CT molecular complexity index is 1340. The molecule has 346 valence electrons. The number of esters is 2. The number of allylic oxidation sites excluding steroid dienone is 4. The third-order valence-electron chi connectivity index (χ3n) is 11.5. The van der Waals surface area contributed by atoms with Crippen molar-refractivity contribution < 1.29 is 32.0 Å². The smallest absolute Gasteiger partial charge is 0.340 e. The van der Waals surface area contributed by atoms with Crippen LogP contribution in [-0.4, -0.2) is 38.1 Å². The fraction of sp³-hybridized carbons (Fsp3) is 0.769. The first kappa shape index (κ1) is 55.6. The Hall–Kier alpha value is -2.45. The second-order valence-electron chi connectivity index (χ2n) is 17.1. The van der Waals surface area contributed by atoms with Gasteiger partial charge in [0.1, 0.15) is 4.90 Å². The largest absolute Gasteiger partial charge is 0.462 e. The topological polar surface area (TPSA) is 107 Å². The Morgan fingerprint density at radius 1 is 0.450 bits per heavy atom. The molecule has 0 fully saturated rings. The lowest BCUT2D eigenvalue weighted by atomic mass is 10.0. The van der Waals surface area contributed by atoms with Crippen molar-refractivity contribution in [2.24, 2.45) is 0 Å². The third kappa shape index (κ3) is 32.3. The van der Waals surface area contributed by atoms with E-state index in [2.05, 4.69) is 38.2 Å². The Balaban J connectivity index is 2.15. The van der Waals surface area contributed by atoms with Gasteiger partial charge in [-0.1, -0.05) is 211 Å². The molecule has 0 heterocycles. The molecule has 1 aromatic rings. The fourth-order valence-corrected chi connectivity index (χ4v) is 8.42. The zero-order chi connectivity index (χ0) is 43.6. The average Bonchev–Trinajstić information content (AvgIpc) is 3.24. The molecule has 8 heteroatoms. The van der Waals surface area contributed by atoms with E-state index < -0.39 is 32.5 Å². The predicted molar refractivity (Wildman–Crippen MR) is 253 cm³/mol. The van der Waals surface area contributed by atoms with E-state index in [0.29, 0.717) is 12.8 Å². The summed E-state index contributed by atoms with van der Waals surface area (Å²) in [5.41, 5.74) is -0.669. The molecule has 0 saturated heterocycles. The quantitative estimate of drug-likeness (QED) is 0.0302. The molecule has 7 nitrogen and oxygen atoms in total. The summed E-state index contributed by atoms with van der Waals surface area (Å²) in [5, 5.41) is 0. The van der Waals surface area contributed by atoms with E-state index in [1.54, 1.807) is 0 Å². The van der Waals surface area contributed by atoms with Crippen LogP contribution < -0.4 is 0 Å². The van der Waals surface area contributed by atoms with Gasteiger partial charge in [0, 0.05) is 0 Å². The lowest BCUT2D eigenvalue weighted by molar-refractivity contribution is 0.0446. The second-order valence-corrected chi connectivity index (χ2v) is 18.5. The average molecular weight is 859 g/mol. The molecular weight excluding hydrogens is 769 g/mol. The summed E-state index contributed by atoms with van der Waals surface area (Å²) in [6, 6.07) is 3.77. The van der Waals surface area contributed by atoms with Crippen molar-refractivity contribution in [3.05, 3.63) is 53.6 Å². The molecule has 0 bridgehead atoms. The van der Waals surface area contributed by atoms with Crippen LogP contribution >= 0.6 is 0 Å². The highest BCUT2D eigenvalue weighted by Gasteiger charge is 2.28. The predicted octanol–water partition coefficient (Wildman–Crippen LogP) is 16.4. The maximum atomic E-state index is 13.1. The van der Waals surface area contributed by atoms with Gasteiger partial charge in [0.05, 0.1) is 24.3 Å². The highest BCUT2D eigenvalue weighted by molar-refractivity contribution is 7.86. The molecule has 0 aliphatic carbocycles. The molecule has 0 unspecified atom stereocenters. The van der Waals surface area contributed by atoms with Gasteiger partial charge >= 0.3 is 11.9 Å². The van der Waals surface area contributed by atoms with E-state index in [-0.39, 0.29) is 18.8 Å². The maximum absolute atomic E-state index is 13.1. The molecule has 0 aromatic heterocycles. The molecule has 1 N–H and O–H groups in total. The normalized spacial score (nSPS) is 11.9. The van der Waals surface area contributed by atoms with Gasteiger partial charge in [-0.15, -0.1) is 0 Å². The third-order valence-corrected chi connectivity index (χ3v) is 12.4. The van der Waals surface area contributed by atoms with E-state index in [9.17, 15) is 22.6 Å². The highest BCUT2D eigenvalue weighted by atomic mass is 32.2. The Morgan fingerprint density at radius 2 is 0.750 bits per heavy atom. The van der Waals surface area contributed by atoms with E-state index in [1.165, 1.54) is 192 Å². The Kier molecular flexibility index (Phi) is 37.6. The summed E-state index contributed by atoms with van der Waals surface area (Å²) in [5.74, 6) is -1.74. The summed E-state index contributed by atoms with van der Waals surface area (Å²) in [4.78, 5) is 25.5. The first-order valence-electron chi connectivity index (χ1n) is 25.1. The molecule has 1 aromatic carbocycles. The van der Waals surface area contributed by atoms with Crippen molar-refractivity contribution in [1.82, 2.24) is 0 Å². The van der Waals surface area contributed by atoms with E-state index in [4.69, 9.17) is 9.47 Å². The van der Waals surface area contributed by atoms with Gasteiger partial charge in [-0.25, -0.2) is 9.59 Å². The summed E-state index contributed by atoms with van der Waals surface area (Å²) in [7, 11) is -4.77. The van der Waals surface area contributed by atoms with Crippen molar-refractivity contribution in [3.8, 4) is 0 Å². The van der Waals surface area contributed by atoms with Crippen molar-refractivity contribution >= 4 is 22.1 Å². The van der Waals surface area contributed by atoms with Crippen LogP contribution in [0.25, 0.3) is 0 Å². The minimum atomic E-state index is -4.77. The van der Waals surface area contributed by atoms with Crippen LogP contribution in [0, 0.1) is 0 Å². The molecule has 60 heavy (non-hydrogen) atoms. The van der Waals surface area contributed by atoms with Crippen molar-refractivity contribution in [2.45, 2.75) is 250 Å². The summed E-state index contributed by atoms with van der Waals surface area (Å²) in [6.45, 7) is 4.79. The van der Waals surface area contributed by atoms with Gasteiger partial charge < -0.3 is 9.47 Å². The van der Waals surface area contributed by atoms with Gasteiger partial charge in [0.25, 0.3) is 10.1 Å².